The summed E-state index contributed by atoms with van der Waals surface area (Å²) in [5, 5.41) is 5.21. The molecule has 2 heteroatoms. The number of benzene rings is 5. The monoisotopic (exact) mass is 540 g/mol. The standard InChI is InChI=1S/C30H22Br2/c1-30(2)27-13-9-18-15-21(31)10-11-23(18)26(27)16-20-8-7-19(17-28(20)30)22-12-14-29(32)25-6-4-3-5-24(22)25/h3-15,17H,16H2,1-2H3. The molecule has 0 aliphatic heterocycles. The van der Waals surface area contributed by atoms with Crippen LogP contribution >= 0.6 is 31.9 Å². The molecular formula is C30H22Br2. The summed E-state index contributed by atoms with van der Waals surface area (Å²) in [6.07, 6.45) is 0.981. The Morgan fingerprint density at radius 3 is 2.34 bits per heavy atom. The number of hydrogen-bond acceptors (Lipinski definition) is 0. The molecule has 0 saturated carbocycles. The fourth-order valence-electron chi connectivity index (χ4n) is 5.47. The number of halogens is 2. The molecule has 0 radical (unpaired) electrons. The average molecular weight is 542 g/mol. The summed E-state index contributed by atoms with van der Waals surface area (Å²) in [5.74, 6) is 0. The summed E-state index contributed by atoms with van der Waals surface area (Å²) >= 11 is 7.35. The van der Waals surface area contributed by atoms with Gasteiger partial charge in [-0.05, 0) is 85.6 Å². The summed E-state index contributed by atoms with van der Waals surface area (Å²) in [4.78, 5) is 0. The first-order valence-electron chi connectivity index (χ1n) is 11.0. The van der Waals surface area contributed by atoms with Gasteiger partial charge in [-0.3, -0.25) is 0 Å². The smallest absolute Gasteiger partial charge is 0.0254 e. The predicted molar refractivity (Wildman–Crippen MR) is 144 cm³/mol. The molecule has 156 valence electrons. The van der Waals surface area contributed by atoms with Crippen molar-refractivity contribution in [3.05, 3.63) is 116 Å². The zero-order valence-electron chi connectivity index (χ0n) is 18.0. The fraction of sp³-hybridized carbons (Fsp3) is 0.133. The van der Waals surface area contributed by atoms with Crippen molar-refractivity contribution in [1.29, 1.82) is 0 Å². The van der Waals surface area contributed by atoms with E-state index in [2.05, 4.69) is 131 Å². The Kier molecular flexibility index (Phi) is 4.61. The summed E-state index contributed by atoms with van der Waals surface area (Å²) in [7, 11) is 0. The van der Waals surface area contributed by atoms with Crippen LogP contribution in [-0.2, 0) is 11.8 Å². The first-order chi connectivity index (χ1) is 15.4. The highest BCUT2D eigenvalue weighted by Crippen LogP contribution is 2.45. The van der Waals surface area contributed by atoms with Crippen LogP contribution in [-0.4, -0.2) is 0 Å². The van der Waals surface area contributed by atoms with E-state index < -0.39 is 0 Å². The van der Waals surface area contributed by atoms with E-state index in [1.807, 2.05) is 0 Å². The number of fused-ring (bicyclic) bond motifs is 5. The van der Waals surface area contributed by atoms with Crippen LogP contribution < -0.4 is 0 Å². The van der Waals surface area contributed by atoms with Crippen molar-refractivity contribution in [2.24, 2.45) is 0 Å². The summed E-state index contributed by atoms with van der Waals surface area (Å²) in [6, 6.07) is 31.4. The quantitative estimate of drug-likeness (QED) is 0.198. The van der Waals surface area contributed by atoms with Gasteiger partial charge >= 0.3 is 0 Å². The topological polar surface area (TPSA) is 0 Å². The second kappa shape index (κ2) is 7.30. The Labute approximate surface area is 205 Å². The Hall–Kier alpha value is -2.42. The number of rotatable bonds is 1. The molecule has 0 heterocycles. The maximum absolute atomic E-state index is 3.72. The highest BCUT2D eigenvalue weighted by molar-refractivity contribution is 9.11. The largest absolute Gasteiger partial charge is 0.0616 e. The highest BCUT2D eigenvalue weighted by atomic mass is 79.9. The van der Waals surface area contributed by atoms with Crippen molar-refractivity contribution in [3.63, 3.8) is 0 Å². The van der Waals surface area contributed by atoms with Crippen LogP contribution in [0, 0.1) is 0 Å². The van der Waals surface area contributed by atoms with E-state index in [1.165, 1.54) is 54.9 Å². The molecule has 0 bridgehead atoms. The van der Waals surface area contributed by atoms with Crippen LogP contribution in [0.4, 0.5) is 0 Å². The van der Waals surface area contributed by atoms with E-state index in [1.54, 1.807) is 0 Å². The lowest BCUT2D eigenvalue weighted by molar-refractivity contribution is 0.613. The fourth-order valence-corrected chi connectivity index (χ4v) is 6.33. The van der Waals surface area contributed by atoms with Crippen LogP contribution in [0.25, 0.3) is 32.7 Å². The molecule has 5 aromatic rings. The van der Waals surface area contributed by atoms with Gasteiger partial charge < -0.3 is 0 Å². The maximum Gasteiger partial charge on any atom is 0.0254 e. The van der Waals surface area contributed by atoms with Gasteiger partial charge in [-0.25, -0.2) is 0 Å². The Bertz CT molecular complexity index is 1540. The molecule has 5 aromatic carbocycles. The van der Waals surface area contributed by atoms with Crippen molar-refractivity contribution < 1.29 is 0 Å². The molecular weight excluding hydrogens is 520 g/mol. The van der Waals surface area contributed by atoms with Gasteiger partial charge in [0.2, 0.25) is 0 Å². The molecule has 0 fully saturated rings. The minimum absolute atomic E-state index is 0.0502. The van der Waals surface area contributed by atoms with Gasteiger partial charge in [0.1, 0.15) is 0 Å². The molecule has 32 heavy (non-hydrogen) atoms. The summed E-state index contributed by atoms with van der Waals surface area (Å²) < 4.78 is 2.27. The minimum Gasteiger partial charge on any atom is -0.0616 e. The van der Waals surface area contributed by atoms with Gasteiger partial charge in [0.15, 0.2) is 0 Å². The Morgan fingerprint density at radius 2 is 1.50 bits per heavy atom. The molecule has 6 rings (SSSR count). The second-order valence-corrected chi connectivity index (χ2v) is 11.0. The van der Waals surface area contributed by atoms with Crippen LogP contribution in [0.2, 0.25) is 0 Å². The summed E-state index contributed by atoms with van der Waals surface area (Å²) in [5.41, 5.74) is 8.30. The van der Waals surface area contributed by atoms with Crippen molar-refractivity contribution in [3.8, 4) is 11.1 Å². The van der Waals surface area contributed by atoms with Crippen molar-refractivity contribution in [2.75, 3.05) is 0 Å². The van der Waals surface area contributed by atoms with Crippen LogP contribution in [0.1, 0.15) is 36.1 Å². The third kappa shape index (κ3) is 3.00. The molecule has 0 N–H and O–H groups in total. The Morgan fingerprint density at radius 1 is 0.688 bits per heavy atom. The SMILES string of the molecule is CC1(C)c2cc(-c3ccc(Br)c4ccccc34)ccc2Cc2c1ccc1cc(Br)ccc21. The molecule has 0 aromatic heterocycles. The van der Waals surface area contributed by atoms with E-state index in [-0.39, 0.29) is 5.41 Å². The molecule has 0 spiro atoms. The normalized spacial score (nSPS) is 14.4. The Balaban J connectivity index is 1.55. The van der Waals surface area contributed by atoms with Gasteiger partial charge in [-0.1, -0.05) is 106 Å². The molecule has 1 aliphatic rings. The lowest BCUT2D eigenvalue weighted by Gasteiger charge is -2.36. The van der Waals surface area contributed by atoms with E-state index in [0.29, 0.717) is 0 Å². The molecule has 0 saturated heterocycles. The molecule has 0 unspecified atom stereocenters. The van der Waals surface area contributed by atoms with Crippen molar-refractivity contribution in [1.82, 2.24) is 0 Å². The minimum atomic E-state index is -0.0502. The van der Waals surface area contributed by atoms with Crippen molar-refractivity contribution in [2.45, 2.75) is 25.7 Å². The van der Waals surface area contributed by atoms with Gasteiger partial charge in [0, 0.05) is 14.4 Å². The van der Waals surface area contributed by atoms with Gasteiger partial charge in [-0.15, -0.1) is 0 Å². The second-order valence-electron chi connectivity index (χ2n) is 9.27. The predicted octanol–water partition coefficient (Wildman–Crippen LogP) is 9.42. The van der Waals surface area contributed by atoms with E-state index in [0.717, 1.165) is 15.4 Å². The third-order valence-corrected chi connectivity index (χ3v) is 8.28. The molecule has 0 amide bonds. The average Bonchev–Trinajstić information content (AvgIpc) is 2.79. The van der Waals surface area contributed by atoms with Crippen LogP contribution in [0.3, 0.4) is 0 Å². The lowest BCUT2D eigenvalue weighted by atomic mass is 9.67. The number of hydrogen-bond donors (Lipinski definition) is 0. The first-order valence-corrected chi connectivity index (χ1v) is 12.5. The lowest BCUT2D eigenvalue weighted by Crippen LogP contribution is -2.27. The molecule has 1 aliphatic carbocycles. The van der Waals surface area contributed by atoms with E-state index in [4.69, 9.17) is 0 Å². The zero-order chi connectivity index (χ0) is 22.0. The van der Waals surface area contributed by atoms with Gasteiger partial charge in [-0.2, -0.15) is 0 Å². The highest BCUT2D eigenvalue weighted by Gasteiger charge is 2.33. The van der Waals surface area contributed by atoms with Crippen LogP contribution in [0.15, 0.2) is 93.9 Å². The van der Waals surface area contributed by atoms with E-state index in [9.17, 15) is 0 Å². The van der Waals surface area contributed by atoms with Crippen molar-refractivity contribution >= 4 is 53.4 Å². The van der Waals surface area contributed by atoms with Gasteiger partial charge in [0.25, 0.3) is 0 Å². The summed E-state index contributed by atoms with van der Waals surface area (Å²) in [6.45, 7) is 4.75. The zero-order valence-corrected chi connectivity index (χ0v) is 21.2. The van der Waals surface area contributed by atoms with Gasteiger partial charge in [0.05, 0.1) is 0 Å². The van der Waals surface area contributed by atoms with E-state index >= 15 is 0 Å². The third-order valence-electron chi connectivity index (χ3n) is 7.10. The first kappa shape index (κ1) is 20.2. The maximum atomic E-state index is 3.72. The van der Waals surface area contributed by atoms with Crippen LogP contribution in [0.5, 0.6) is 0 Å². The molecule has 0 nitrogen and oxygen atoms in total. The molecule has 0 atom stereocenters.